The molecule has 10 nitrogen and oxygen atoms in total. The van der Waals surface area contributed by atoms with Crippen LogP contribution >= 0.6 is 0 Å². The maximum Gasteiger partial charge on any atom is 0.243 e. The second-order valence-electron chi connectivity index (χ2n) is 7.89. The first-order valence-electron chi connectivity index (χ1n) is 10.8. The van der Waals surface area contributed by atoms with Gasteiger partial charge in [0, 0.05) is 32.7 Å². The quantitative estimate of drug-likeness (QED) is 0.578. The molecular formula is C20H32N4O6S2. The Morgan fingerprint density at radius 3 is 2.38 bits per heavy atom. The van der Waals surface area contributed by atoms with Gasteiger partial charge in [0.05, 0.1) is 35.7 Å². The molecule has 2 saturated heterocycles. The van der Waals surface area contributed by atoms with Crippen molar-refractivity contribution in [3.8, 4) is 0 Å². The fourth-order valence-electron chi connectivity index (χ4n) is 4.18. The molecule has 2 heterocycles. The summed E-state index contributed by atoms with van der Waals surface area (Å²) in [4.78, 5) is 15.2. The number of morpholine rings is 1. The number of hydrogen-bond donors (Lipinski definition) is 1. The fourth-order valence-corrected chi connectivity index (χ4v) is 6.79. The zero-order chi connectivity index (χ0) is 23.5. The molecule has 2 fully saturated rings. The van der Waals surface area contributed by atoms with Crippen LogP contribution in [0.5, 0.6) is 0 Å². The number of benzene rings is 1. The van der Waals surface area contributed by atoms with Gasteiger partial charge in [-0.15, -0.1) is 0 Å². The first-order valence-corrected chi connectivity index (χ1v) is 14.1. The molecule has 1 aromatic carbocycles. The van der Waals surface area contributed by atoms with Crippen LogP contribution in [-0.2, 0) is 29.6 Å². The average Bonchev–Trinajstić information content (AvgIpc) is 3.26. The Hall–Kier alpha value is -1.73. The highest BCUT2D eigenvalue weighted by Gasteiger charge is 2.37. The molecule has 0 radical (unpaired) electrons. The Labute approximate surface area is 190 Å². The molecule has 0 unspecified atom stereocenters. The van der Waals surface area contributed by atoms with E-state index in [-0.39, 0.29) is 4.90 Å². The minimum atomic E-state index is -3.73. The third-order valence-electron chi connectivity index (χ3n) is 5.85. The van der Waals surface area contributed by atoms with Gasteiger partial charge in [-0.05, 0) is 31.0 Å². The van der Waals surface area contributed by atoms with Gasteiger partial charge in [-0.25, -0.2) is 16.8 Å². The summed E-state index contributed by atoms with van der Waals surface area (Å²) in [7, 11) is -7.25. The third-order valence-corrected chi connectivity index (χ3v) is 9.19. The number of nitrogens with one attached hydrogen (secondary N) is 1. The number of anilines is 2. The number of amides is 1. The molecule has 0 aliphatic carbocycles. The molecule has 1 amide bonds. The first-order chi connectivity index (χ1) is 15.1. The van der Waals surface area contributed by atoms with Crippen LogP contribution in [0.15, 0.2) is 23.1 Å². The normalized spacial score (nSPS) is 20.6. The zero-order valence-corrected chi connectivity index (χ0v) is 20.4. The van der Waals surface area contributed by atoms with Crippen molar-refractivity contribution in [2.45, 2.75) is 37.6 Å². The fraction of sp³-hybridized carbons (Fsp3) is 0.650. The highest BCUT2D eigenvalue weighted by Crippen LogP contribution is 2.32. The summed E-state index contributed by atoms with van der Waals surface area (Å²) in [6.45, 7) is 6.75. The van der Waals surface area contributed by atoms with Crippen molar-refractivity contribution < 1.29 is 26.4 Å². The SMILES string of the molecule is CCN(CC)S(=O)(=O)c1ccc(N2CCOCC2)c(NC(=O)[C@H]2CCCN2S(C)(=O)=O)c1. The van der Waals surface area contributed by atoms with Gasteiger partial charge in [-0.1, -0.05) is 13.8 Å². The zero-order valence-electron chi connectivity index (χ0n) is 18.8. The second kappa shape index (κ2) is 10.0. The molecule has 1 atom stereocenters. The minimum absolute atomic E-state index is 0.0832. The largest absolute Gasteiger partial charge is 0.378 e. The van der Waals surface area contributed by atoms with Crippen molar-refractivity contribution in [2.75, 3.05) is 62.4 Å². The van der Waals surface area contributed by atoms with Crippen LogP contribution in [-0.4, -0.2) is 89.6 Å². The van der Waals surface area contributed by atoms with E-state index in [1.54, 1.807) is 26.0 Å². The molecule has 1 N–H and O–H groups in total. The molecule has 0 spiro atoms. The Morgan fingerprint density at radius 1 is 1.12 bits per heavy atom. The summed E-state index contributed by atoms with van der Waals surface area (Å²) >= 11 is 0. The van der Waals surface area contributed by atoms with Crippen LogP contribution in [0.3, 0.4) is 0 Å². The molecule has 0 saturated carbocycles. The average molecular weight is 489 g/mol. The lowest BCUT2D eigenvalue weighted by Gasteiger charge is -2.31. The molecule has 2 aliphatic heterocycles. The van der Waals surface area contributed by atoms with Gasteiger partial charge in [-0.2, -0.15) is 8.61 Å². The topological polar surface area (TPSA) is 116 Å². The van der Waals surface area contributed by atoms with Crippen LogP contribution in [0, 0.1) is 0 Å². The number of carbonyl (C=O) groups is 1. The predicted molar refractivity (Wildman–Crippen MR) is 123 cm³/mol. The summed E-state index contributed by atoms with van der Waals surface area (Å²) in [5.41, 5.74) is 1.04. The molecule has 1 aromatic rings. The van der Waals surface area contributed by atoms with Gasteiger partial charge in [-0.3, -0.25) is 4.79 Å². The van der Waals surface area contributed by atoms with Gasteiger partial charge >= 0.3 is 0 Å². The Kier molecular flexibility index (Phi) is 7.81. The maximum absolute atomic E-state index is 13.1. The lowest BCUT2D eigenvalue weighted by molar-refractivity contribution is -0.119. The minimum Gasteiger partial charge on any atom is -0.378 e. The highest BCUT2D eigenvalue weighted by molar-refractivity contribution is 7.89. The Morgan fingerprint density at radius 2 is 1.78 bits per heavy atom. The van der Waals surface area contributed by atoms with Crippen molar-refractivity contribution in [3.63, 3.8) is 0 Å². The summed E-state index contributed by atoms with van der Waals surface area (Å²) in [6.07, 6.45) is 2.11. The van der Waals surface area contributed by atoms with Crippen LogP contribution in [0.1, 0.15) is 26.7 Å². The highest BCUT2D eigenvalue weighted by atomic mass is 32.2. The van der Waals surface area contributed by atoms with Gasteiger partial charge < -0.3 is 15.0 Å². The van der Waals surface area contributed by atoms with Gasteiger partial charge in [0.1, 0.15) is 6.04 Å². The summed E-state index contributed by atoms with van der Waals surface area (Å²) in [5.74, 6) is -0.458. The number of sulfonamides is 2. The van der Waals surface area contributed by atoms with E-state index in [1.165, 1.54) is 14.7 Å². The van der Waals surface area contributed by atoms with Crippen molar-refractivity contribution in [3.05, 3.63) is 18.2 Å². The van der Waals surface area contributed by atoms with E-state index in [4.69, 9.17) is 4.74 Å². The van der Waals surface area contributed by atoms with Crippen molar-refractivity contribution in [1.29, 1.82) is 0 Å². The van der Waals surface area contributed by atoms with Crippen LogP contribution in [0.25, 0.3) is 0 Å². The number of hydrogen-bond acceptors (Lipinski definition) is 7. The van der Waals surface area contributed by atoms with E-state index < -0.39 is 32.0 Å². The smallest absolute Gasteiger partial charge is 0.243 e. The van der Waals surface area contributed by atoms with E-state index in [0.29, 0.717) is 70.2 Å². The van der Waals surface area contributed by atoms with Crippen molar-refractivity contribution in [1.82, 2.24) is 8.61 Å². The molecule has 0 aromatic heterocycles. The molecule has 3 rings (SSSR count). The number of carbonyl (C=O) groups excluding carboxylic acids is 1. The predicted octanol–water partition coefficient (Wildman–Crippen LogP) is 0.916. The molecule has 180 valence electrons. The van der Waals surface area contributed by atoms with Gasteiger partial charge in [0.15, 0.2) is 0 Å². The van der Waals surface area contributed by atoms with Crippen LogP contribution in [0.4, 0.5) is 11.4 Å². The third kappa shape index (κ3) is 5.25. The van der Waals surface area contributed by atoms with Crippen molar-refractivity contribution in [2.24, 2.45) is 0 Å². The van der Waals surface area contributed by atoms with Crippen molar-refractivity contribution >= 4 is 37.3 Å². The van der Waals surface area contributed by atoms with E-state index in [0.717, 1.165) is 6.26 Å². The van der Waals surface area contributed by atoms with E-state index in [9.17, 15) is 21.6 Å². The summed E-state index contributed by atoms with van der Waals surface area (Å²) in [6, 6.07) is 3.90. The Balaban J connectivity index is 1.98. The molecule has 2 aliphatic rings. The van der Waals surface area contributed by atoms with Gasteiger partial charge in [0.2, 0.25) is 26.0 Å². The van der Waals surface area contributed by atoms with E-state index in [2.05, 4.69) is 5.32 Å². The Bertz CT molecular complexity index is 1030. The molecule has 12 heteroatoms. The van der Waals surface area contributed by atoms with E-state index >= 15 is 0 Å². The number of nitrogens with zero attached hydrogens (tertiary/aromatic N) is 3. The van der Waals surface area contributed by atoms with Crippen LogP contribution in [0.2, 0.25) is 0 Å². The lowest BCUT2D eigenvalue weighted by atomic mass is 10.2. The van der Waals surface area contributed by atoms with Crippen LogP contribution < -0.4 is 10.2 Å². The molecule has 0 bridgehead atoms. The first kappa shape index (κ1) is 24.9. The number of ether oxygens (including phenoxy) is 1. The molecule has 32 heavy (non-hydrogen) atoms. The number of rotatable bonds is 8. The van der Waals surface area contributed by atoms with E-state index in [1.807, 2.05) is 4.90 Å². The summed E-state index contributed by atoms with van der Waals surface area (Å²) < 4.78 is 58.2. The maximum atomic E-state index is 13.1. The monoisotopic (exact) mass is 488 g/mol. The standard InChI is InChI=1S/C20H32N4O6S2/c1-4-23(5-2)32(28,29)16-8-9-18(22-11-13-30-14-12-22)17(15-16)21-20(25)19-7-6-10-24(19)31(3,26)27/h8-9,15,19H,4-7,10-14H2,1-3H3,(H,21,25)/t19-/m1/s1. The molecular weight excluding hydrogens is 456 g/mol. The summed E-state index contributed by atoms with van der Waals surface area (Å²) in [5, 5.41) is 2.83. The van der Waals surface area contributed by atoms with Gasteiger partial charge in [0.25, 0.3) is 0 Å². The lowest BCUT2D eigenvalue weighted by Crippen LogP contribution is -2.43. The second-order valence-corrected chi connectivity index (χ2v) is 11.8.